The van der Waals surface area contributed by atoms with Crippen LogP contribution in [0.15, 0.2) is 66.7 Å². The van der Waals surface area contributed by atoms with Crippen LogP contribution in [-0.4, -0.2) is 213 Å². The molecule has 0 spiro atoms. The van der Waals surface area contributed by atoms with Gasteiger partial charge in [-0.2, -0.15) is 0 Å². The average Bonchev–Trinajstić information content (AvgIpc) is 1.60. The van der Waals surface area contributed by atoms with Crippen molar-refractivity contribution in [3.8, 4) is 27.8 Å². The summed E-state index contributed by atoms with van der Waals surface area (Å²) in [6.07, 6.45) is -13.4. The number of nitrogens with zero attached hydrogens (tertiary/aromatic N) is 4. The van der Waals surface area contributed by atoms with Gasteiger partial charge in [0, 0.05) is 55.1 Å². The minimum absolute atomic E-state index is 0. The van der Waals surface area contributed by atoms with Gasteiger partial charge in [-0.15, -0.1) is 14.5 Å². The van der Waals surface area contributed by atoms with Gasteiger partial charge in [0.25, 0.3) is 24.1 Å². The van der Waals surface area contributed by atoms with Crippen LogP contribution in [0.5, 0.6) is 17.2 Å². The van der Waals surface area contributed by atoms with Crippen LogP contribution in [0.1, 0.15) is 91.7 Å². The number of benzene rings is 3. The van der Waals surface area contributed by atoms with Crippen molar-refractivity contribution in [3.63, 3.8) is 0 Å². The van der Waals surface area contributed by atoms with E-state index in [1.165, 1.54) is 31.2 Å². The number of nitrogens with two attached hydrogens (primary N) is 1. The predicted octanol–water partition coefficient (Wildman–Crippen LogP) is -6.78. The molecule has 494 valence electrons. The molecule has 13 unspecified atom stereocenters. The second kappa shape index (κ2) is 34.1. The zero-order chi connectivity index (χ0) is 66.4. The molecular formula is C56H70N11NaO22S2. The smallest absolute Gasteiger partial charge is 0.691 e. The number of unbranched alkanes of at least 4 members (excludes halogenated alkanes) is 2. The van der Waals surface area contributed by atoms with Gasteiger partial charge in [-0.3, -0.25) is 53.5 Å². The monoisotopic (exact) mass is 1340 g/mol. The number of anilines is 1. The minimum Gasteiger partial charge on any atom is -0.691 e. The molecule has 92 heavy (non-hydrogen) atoms. The maximum atomic E-state index is 14.7. The number of aliphatic hydroxyl groups excluding tert-OH is 7. The Morgan fingerprint density at radius 2 is 1.46 bits per heavy atom. The van der Waals surface area contributed by atoms with Gasteiger partial charge in [-0.05, 0) is 79.6 Å². The summed E-state index contributed by atoms with van der Waals surface area (Å²) in [7, 11) is 0. The number of phenolic OH excluding ortho intramolecular Hbond substituents is 1. The number of aromatic hydroxyl groups is 1. The Morgan fingerprint density at radius 1 is 0.804 bits per heavy atom. The van der Waals surface area contributed by atoms with Gasteiger partial charge in [0.05, 0.1) is 43.5 Å². The normalized spacial score (nSPS) is 24.8. The van der Waals surface area contributed by atoms with E-state index in [2.05, 4.69) is 58.4 Å². The molecule has 0 radical (unpaired) electrons. The number of hydrogen-bond donors (Lipinski definition) is 15. The molecule has 9 amide bonds. The quantitative estimate of drug-likeness (QED) is 0.0121. The molecule has 0 bridgehead atoms. The van der Waals surface area contributed by atoms with E-state index in [0.29, 0.717) is 22.3 Å². The number of ether oxygens (including phenoxy) is 1. The molecular weight excluding hydrogens is 1270 g/mol. The Hall–Kier alpha value is -7.20. The SMILES string of the molecule is CCCCCOc1ccc(-c2nnc(NC(=O)c3ccc(C(=O)N[C@H]4CC(O)CNC(=O)C5C(O)C(C)CN5C(=O)C(C(O)CC(N)=O)NC(=O)C(C(O)C(O)c5ccc(O)c(OSOO[O-])c5)NC(=O)C5CC(O)CN5C(=O)C(C(C)O)NC4=O)cc3)s2)cc1.[Na+]. The van der Waals surface area contributed by atoms with Crippen LogP contribution >= 0.6 is 23.7 Å². The maximum Gasteiger partial charge on any atom is 1.00 e. The Balaban J connectivity index is 0.0000134. The number of primary amides is 1. The molecule has 1 aromatic heterocycles. The van der Waals surface area contributed by atoms with Gasteiger partial charge in [0.15, 0.2) is 11.5 Å². The summed E-state index contributed by atoms with van der Waals surface area (Å²) < 4.78 is 14.8. The van der Waals surface area contributed by atoms with Crippen LogP contribution in [-0.2, 0) is 42.9 Å². The Labute approximate surface area is 555 Å². The molecule has 4 aromatic rings. The number of phenols is 1. The fourth-order valence-electron chi connectivity index (χ4n) is 10.2. The van der Waals surface area contributed by atoms with Crippen molar-refractivity contribution in [2.45, 2.75) is 138 Å². The maximum absolute atomic E-state index is 14.7. The zero-order valence-corrected chi connectivity index (χ0v) is 53.6. The molecule has 0 aliphatic carbocycles. The number of hydrogen-bond acceptors (Lipinski definition) is 26. The fraction of sp³-hybridized carbons (Fsp3) is 0.482. The van der Waals surface area contributed by atoms with Gasteiger partial charge < -0.3 is 97.1 Å². The number of fused-ring (bicyclic) bond motifs is 2. The largest absolute Gasteiger partial charge is 1.00 e. The summed E-state index contributed by atoms with van der Waals surface area (Å²) in [5, 5.41) is 127. The van der Waals surface area contributed by atoms with E-state index in [9.17, 15) is 89.3 Å². The molecule has 3 aliphatic rings. The number of rotatable bonds is 21. The second-order valence-electron chi connectivity index (χ2n) is 21.9. The van der Waals surface area contributed by atoms with E-state index < -0.39 is 188 Å². The van der Waals surface area contributed by atoms with Crippen molar-refractivity contribution >= 4 is 82.0 Å². The molecule has 3 saturated heterocycles. The second-order valence-corrected chi connectivity index (χ2v) is 23.3. The minimum atomic E-state index is -2.55. The number of carbonyl (C=O) groups excluding carboxylic acids is 9. The molecule has 3 fully saturated rings. The summed E-state index contributed by atoms with van der Waals surface area (Å²) in [6, 6.07) is 2.58. The Kier molecular flexibility index (Phi) is 27.4. The van der Waals surface area contributed by atoms with Gasteiger partial charge in [0.2, 0.25) is 46.5 Å². The van der Waals surface area contributed by atoms with Crippen molar-refractivity contribution in [2.24, 2.45) is 11.7 Å². The number of β-amino-alcohol motifs (C(OH)–C–C–N with tert-alkyl or cyclic N) is 1. The Morgan fingerprint density at radius 3 is 2.11 bits per heavy atom. The topological polar surface area (TPSA) is 506 Å². The van der Waals surface area contributed by atoms with E-state index in [1.54, 1.807) is 24.3 Å². The van der Waals surface area contributed by atoms with Crippen molar-refractivity contribution in [1.29, 1.82) is 0 Å². The van der Waals surface area contributed by atoms with Crippen LogP contribution in [0, 0.1) is 5.92 Å². The summed E-state index contributed by atoms with van der Waals surface area (Å²) in [6.45, 7) is 3.23. The van der Waals surface area contributed by atoms with Crippen molar-refractivity contribution < 1.29 is 137 Å². The predicted molar refractivity (Wildman–Crippen MR) is 313 cm³/mol. The number of carbonyl (C=O) groups is 9. The molecule has 14 atom stereocenters. The van der Waals surface area contributed by atoms with Crippen molar-refractivity contribution in [3.05, 3.63) is 83.4 Å². The van der Waals surface area contributed by atoms with Crippen LogP contribution in [0.3, 0.4) is 0 Å². The molecule has 4 heterocycles. The van der Waals surface area contributed by atoms with E-state index in [1.807, 2.05) is 0 Å². The summed E-state index contributed by atoms with van der Waals surface area (Å²) in [5.41, 5.74) is 5.63. The first-order valence-corrected chi connectivity index (χ1v) is 30.0. The number of aliphatic hydroxyl groups is 7. The summed E-state index contributed by atoms with van der Waals surface area (Å²) >= 11 is 1.00. The number of amides is 9. The van der Waals surface area contributed by atoms with E-state index in [4.69, 9.17) is 14.7 Å². The first kappa shape index (κ1) is 73.8. The third-order valence-electron chi connectivity index (χ3n) is 15.1. The van der Waals surface area contributed by atoms with Gasteiger partial charge >= 0.3 is 29.6 Å². The summed E-state index contributed by atoms with van der Waals surface area (Å²) in [5.74, 6) is -12.3. The van der Waals surface area contributed by atoms with E-state index in [0.717, 1.165) is 66.2 Å². The van der Waals surface area contributed by atoms with Gasteiger partial charge in [0.1, 0.15) is 59.2 Å². The van der Waals surface area contributed by atoms with Crippen LogP contribution in [0.2, 0.25) is 0 Å². The number of nitrogens with one attached hydrogen (secondary N) is 6. The van der Waals surface area contributed by atoms with E-state index in [-0.39, 0.29) is 63.7 Å². The summed E-state index contributed by atoms with van der Waals surface area (Å²) in [4.78, 5) is 128. The van der Waals surface area contributed by atoms with Crippen LogP contribution in [0.4, 0.5) is 5.13 Å². The third-order valence-corrected chi connectivity index (χ3v) is 16.4. The van der Waals surface area contributed by atoms with Gasteiger partial charge in [-0.25, -0.2) is 0 Å². The van der Waals surface area contributed by atoms with Crippen molar-refractivity contribution in [2.75, 3.05) is 31.6 Å². The van der Waals surface area contributed by atoms with Gasteiger partial charge in [-0.1, -0.05) is 44.1 Å². The van der Waals surface area contributed by atoms with Crippen LogP contribution < -0.4 is 81.4 Å². The molecule has 33 nitrogen and oxygen atoms in total. The molecule has 36 heteroatoms. The van der Waals surface area contributed by atoms with E-state index >= 15 is 0 Å². The molecule has 3 aromatic carbocycles. The fourth-order valence-corrected chi connectivity index (χ4v) is 11.2. The third kappa shape index (κ3) is 19.0. The average molecular weight is 1340 g/mol. The molecule has 0 saturated carbocycles. The number of aromatic nitrogens is 2. The molecule has 3 aliphatic heterocycles. The first-order valence-electron chi connectivity index (χ1n) is 28.6. The standard InChI is InChI=1S/C56H71N11O22S2.Na/c1-4-5-6-17-86-33-14-11-29(12-15-33)53-64-65-56(90-53)63-48(78)28-9-7-27(8-10-28)47(77)59-34-19-31(69)22-58-52(82)43-44(74)25(2)23-67(43)55(84)41(37(72)21-39(57)73)61-51(81)42(46(76)45(75)30-13-16-36(71)38(18-30)87-91-89-88-85)62-50(80)35-20-32(70)24-66(35)54(83)40(26(3)68)60-49(34)79;/h7-16,18,25-26,31-32,34-35,37,40-46,68-72,74-76,85H,4-6,17,19-24H2,1-3H3,(H2,57,73)(H,58,82)(H,59,77)(H,60,79)(H,61,81)(H,62,80)(H,63,65,78);/q;+1/p-1/t25?,26?,31?,32?,34-,35?,37?,40?,41?,42?,43?,44?,45?,46?;/m0./s1. The Bertz CT molecular complexity index is 3250. The zero-order valence-electron chi connectivity index (χ0n) is 50.0. The van der Waals surface area contributed by atoms with Crippen LogP contribution in [0.25, 0.3) is 10.6 Å². The first-order chi connectivity index (χ1) is 43.3. The van der Waals surface area contributed by atoms with Crippen molar-refractivity contribution in [1.82, 2.24) is 46.6 Å². The molecule has 16 N–H and O–H groups in total. The molecule has 7 rings (SSSR count).